The third-order valence-electron chi connectivity index (χ3n) is 4.99. The summed E-state index contributed by atoms with van der Waals surface area (Å²) in [5.74, 6) is 1.71. The van der Waals surface area contributed by atoms with Gasteiger partial charge < -0.3 is 10.1 Å². The van der Waals surface area contributed by atoms with E-state index in [2.05, 4.69) is 15.5 Å². The SMILES string of the molecule is CCOc1ccc(-n2c(SCC(=O)Nc3cccc(C)c3C)nnc2-c2cccs2)cc1. The van der Waals surface area contributed by atoms with E-state index in [0.717, 1.165) is 39.0 Å². The molecule has 164 valence electrons. The molecule has 0 radical (unpaired) electrons. The van der Waals surface area contributed by atoms with Gasteiger partial charge in [0.25, 0.3) is 0 Å². The van der Waals surface area contributed by atoms with Crippen LogP contribution in [0.2, 0.25) is 0 Å². The molecule has 1 amide bonds. The van der Waals surface area contributed by atoms with E-state index in [1.54, 1.807) is 11.3 Å². The predicted molar refractivity (Wildman–Crippen MR) is 131 cm³/mol. The lowest BCUT2D eigenvalue weighted by Crippen LogP contribution is -2.15. The van der Waals surface area contributed by atoms with Crippen LogP contribution in [0.5, 0.6) is 5.75 Å². The van der Waals surface area contributed by atoms with Crippen LogP contribution in [0.4, 0.5) is 5.69 Å². The number of thiophene rings is 1. The lowest BCUT2D eigenvalue weighted by molar-refractivity contribution is -0.113. The Morgan fingerprint density at radius 3 is 2.62 bits per heavy atom. The van der Waals surface area contributed by atoms with E-state index >= 15 is 0 Å². The molecule has 0 unspecified atom stereocenters. The van der Waals surface area contributed by atoms with Crippen LogP contribution in [0.3, 0.4) is 0 Å². The molecular formula is C24H24N4O2S2. The van der Waals surface area contributed by atoms with Gasteiger partial charge in [0.2, 0.25) is 5.91 Å². The van der Waals surface area contributed by atoms with Crippen molar-refractivity contribution >= 4 is 34.7 Å². The van der Waals surface area contributed by atoms with Crippen LogP contribution >= 0.6 is 23.1 Å². The molecular weight excluding hydrogens is 440 g/mol. The largest absolute Gasteiger partial charge is 0.494 e. The van der Waals surface area contributed by atoms with E-state index in [1.165, 1.54) is 11.8 Å². The highest BCUT2D eigenvalue weighted by Gasteiger charge is 2.18. The Bertz CT molecular complexity index is 1200. The summed E-state index contributed by atoms with van der Waals surface area (Å²) < 4.78 is 7.55. The molecule has 0 spiro atoms. The molecule has 8 heteroatoms. The van der Waals surface area contributed by atoms with Crippen molar-refractivity contribution in [1.29, 1.82) is 0 Å². The van der Waals surface area contributed by atoms with E-state index in [9.17, 15) is 4.79 Å². The molecule has 6 nitrogen and oxygen atoms in total. The number of nitrogens with one attached hydrogen (secondary N) is 1. The van der Waals surface area contributed by atoms with Gasteiger partial charge in [-0.2, -0.15) is 0 Å². The highest BCUT2D eigenvalue weighted by atomic mass is 32.2. The van der Waals surface area contributed by atoms with Gasteiger partial charge >= 0.3 is 0 Å². The number of carbonyl (C=O) groups is 1. The Morgan fingerprint density at radius 2 is 1.91 bits per heavy atom. The minimum Gasteiger partial charge on any atom is -0.494 e. The second kappa shape index (κ2) is 10.0. The number of aryl methyl sites for hydroxylation is 1. The van der Waals surface area contributed by atoms with Crippen molar-refractivity contribution in [3.8, 4) is 22.1 Å². The Hall–Kier alpha value is -3.10. The first-order valence-electron chi connectivity index (χ1n) is 10.3. The van der Waals surface area contributed by atoms with Gasteiger partial charge in [-0.25, -0.2) is 0 Å². The topological polar surface area (TPSA) is 69.0 Å². The van der Waals surface area contributed by atoms with E-state index in [0.29, 0.717) is 11.8 Å². The summed E-state index contributed by atoms with van der Waals surface area (Å²) in [7, 11) is 0. The maximum Gasteiger partial charge on any atom is 0.234 e. The first-order valence-corrected chi connectivity index (χ1v) is 12.1. The van der Waals surface area contributed by atoms with Crippen molar-refractivity contribution in [1.82, 2.24) is 14.8 Å². The minimum atomic E-state index is -0.0809. The number of hydrogen-bond acceptors (Lipinski definition) is 6. The highest BCUT2D eigenvalue weighted by Crippen LogP contribution is 2.31. The normalized spacial score (nSPS) is 10.8. The van der Waals surface area contributed by atoms with Gasteiger partial charge in [-0.3, -0.25) is 9.36 Å². The average molecular weight is 465 g/mol. The molecule has 0 bridgehead atoms. The molecule has 0 atom stereocenters. The quantitative estimate of drug-likeness (QED) is 0.337. The number of benzene rings is 2. The molecule has 1 N–H and O–H groups in total. The zero-order valence-electron chi connectivity index (χ0n) is 18.2. The van der Waals surface area contributed by atoms with Crippen LogP contribution in [0, 0.1) is 13.8 Å². The lowest BCUT2D eigenvalue weighted by atomic mass is 10.1. The standard InChI is InChI=1S/C24H24N4O2S2/c1-4-30-19-12-10-18(11-13-19)28-23(21-9-6-14-31-21)26-27-24(28)32-15-22(29)25-20-8-5-7-16(2)17(20)3/h5-14H,4,15H2,1-3H3,(H,25,29). The summed E-state index contributed by atoms with van der Waals surface area (Å²) in [6.45, 7) is 6.61. The van der Waals surface area contributed by atoms with Gasteiger partial charge in [-0.1, -0.05) is 30.0 Å². The Morgan fingerprint density at radius 1 is 1.09 bits per heavy atom. The van der Waals surface area contributed by atoms with Crippen LogP contribution in [-0.4, -0.2) is 33.0 Å². The first kappa shape index (κ1) is 22.1. The summed E-state index contributed by atoms with van der Waals surface area (Å²) in [6.07, 6.45) is 0. The Kier molecular flexibility index (Phi) is 6.92. The summed E-state index contributed by atoms with van der Waals surface area (Å²) in [5.41, 5.74) is 3.97. The summed E-state index contributed by atoms with van der Waals surface area (Å²) in [5, 5.41) is 14.5. The number of nitrogens with zero attached hydrogens (tertiary/aromatic N) is 3. The van der Waals surface area contributed by atoms with Crippen molar-refractivity contribution in [2.24, 2.45) is 0 Å². The third kappa shape index (κ3) is 4.87. The monoisotopic (exact) mass is 464 g/mol. The first-order chi connectivity index (χ1) is 15.6. The molecule has 2 aromatic heterocycles. The fraction of sp³-hybridized carbons (Fsp3) is 0.208. The molecule has 4 rings (SSSR count). The van der Waals surface area contributed by atoms with Crippen molar-refractivity contribution in [3.05, 3.63) is 71.1 Å². The van der Waals surface area contributed by atoms with Gasteiger partial charge in [0.05, 0.1) is 22.9 Å². The second-order valence-electron chi connectivity index (χ2n) is 7.13. The van der Waals surface area contributed by atoms with Crippen molar-refractivity contribution < 1.29 is 9.53 Å². The lowest BCUT2D eigenvalue weighted by Gasteiger charge is -2.12. The third-order valence-corrected chi connectivity index (χ3v) is 6.79. The van der Waals surface area contributed by atoms with E-state index in [-0.39, 0.29) is 11.7 Å². The number of thioether (sulfide) groups is 1. The molecule has 0 saturated carbocycles. The second-order valence-corrected chi connectivity index (χ2v) is 9.02. The van der Waals surface area contributed by atoms with Gasteiger partial charge in [-0.15, -0.1) is 21.5 Å². The fourth-order valence-corrected chi connectivity index (χ4v) is 4.67. The zero-order valence-corrected chi connectivity index (χ0v) is 19.8. The fourth-order valence-electron chi connectivity index (χ4n) is 3.22. The van der Waals surface area contributed by atoms with E-state index in [4.69, 9.17) is 4.74 Å². The number of carbonyl (C=O) groups excluding carboxylic acids is 1. The van der Waals surface area contributed by atoms with E-state index < -0.39 is 0 Å². The maximum atomic E-state index is 12.6. The van der Waals surface area contributed by atoms with Crippen LogP contribution in [0.1, 0.15) is 18.1 Å². The van der Waals surface area contributed by atoms with Gasteiger partial charge in [0.1, 0.15) is 5.75 Å². The van der Waals surface area contributed by atoms with Gasteiger partial charge in [0.15, 0.2) is 11.0 Å². The summed E-state index contributed by atoms with van der Waals surface area (Å²) in [6, 6.07) is 17.7. The average Bonchev–Trinajstić information content (AvgIpc) is 3.46. The molecule has 2 aromatic carbocycles. The zero-order chi connectivity index (χ0) is 22.5. The molecule has 32 heavy (non-hydrogen) atoms. The summed E-state index contributed by atoms with van der Waals surface area (Å²) >= 11 is 2.96. The molecule has 0 aliphatic rings. The number of hydrogen-bond donors (Lipinski definition) is 1. The molecule has 0 aliphatic carbocycles. The van der Waals surface area contributed by atoms with Crippen LogP contribution < -0.4 is 10.1 Å². The predicted octanol–water partition coefficient (Wildman–Crippen LogP) is 5.74. The van der Waals surface area contributed by atoms with Crippen LogP contribution in [0.25, 0.3) is 16.4 Å². The van der Waals surface area contributed by atoms with Gasteiger partial charge in [0, 0.05) is 5.69 Å². The summed E-state index contributed by atoms with van der Waals surface area (Å²) in [4.78, 5) is 13.7. The number of amides is 1. The van der Waals surface area contributed by atoms with Crippen LogP contribution in [-0.2, 0) is 4.79 Å². The molecule has 0 fully saturated rings. The van der Waals surface area contributed by atoms with Gasteiger partial charge in [-0.05, 0) is 73.7 Å². The van der Waals surface area contributed by atoms with Crippen LogP contribution in [0.15, 0.2) is 65.1 Å². The molecule has 0 saturated heterocycles. The highest BCUT2D eigenvalue weighted by molar-refractivity contribution is 7.99. The van der Waals surface area contributed by atoms with E-state index in [1.807, 2.05) is 85.3 Å². The molecule has 2 heterocycles. The number of aromatic nitrogens is 3. The number of ether oxygens (including phenoxy) is 1. The number of anilines is 1. The van der Waals surface area contributed by atoms with Crippen molar-refractivity contribution in [2.75, 3.05) is 17.7 Å². The molecule has 4 aromatic rings. The number of rotatable bonds is 8. The minimum absolute atomic E-state index is 0.0809. The van der Waals surface area contributed by atoms with Crippen molar-refractivity contribution in [2.45, 2.75) is 25.9 Å². The Labute approximate surface area is 195 Å². The maximum absolute atomic E-state index is 12.6. The Balaban J connectivity index is 1.57. The van der Waals surface area contributed by atoms with Crippen molar-refractivity contribution in [3.63, 3.8) is 0 Å². The smallest absolute Gasteiger partial charge is 0.234 e. The molecule has 0 aliphatic heterocycles.